The maximum atomic E-state index is 13.0. The molecule has 6 aromatic rings. The van der Waals surface area contributed by atoms with Crippen molar-refractivity contribution in [1.82, 2.24) is 15.0 Å². The first-order chi connectivity index (χ1) is 19.6. The Morgan fingerprint density at radius 1 is 0.854 bits per heavy atom. The van der Waals surface area contributed by atoms with E-state index < -0.39 is 10.1 Å². The molecule has 6 rings (SSSR count). The molecular weight excluding hydrogens is 556 g/mol. The van der Waals surface area contributed by atoms with E-state index in [0.717, 1.165) is 37.5 Å². The molecule has 2 heterocycles. The Bertz CT molecular complexity index is 2050. The van der Waals surface area contributed by atoms with E-state index in [1.165, 1.54) is 12.1 Å². The number of aromatic amines is 1. The molecule has 0 aliphatic rings. The second kappa shape index (κ2) is 10.1. The summed E-state index contributed by atoms with van der Waals surface area (Å²) in [5, 5.41) is 3.92. The molecule has 2 aromatic heterocycles. The van der Waals surface area contributed by atoms with Gasteiger partial charge in [0.1, 0.15) is 16.5 Å². The van der Waals surface area contributed by atoms with Crippen LogP contribution in [-0.2, 0) is 10.1 Å². The highest BCUT2D eigenvalue weighted by molar-refractivity contribution is 7.87. The molecule has 0 saturated carbocycles. The lowest BCUT2D eigenvalue weighted by atomic mass is 10.0. The summed E-state index contributed by atoms with van der Waals surface area (Å²) >= 11 is 1.61. The highest BCUT2D eigenvalue weighted by Crippen LogP contribution is 2.32. The van der Waals surface area contributed by atoms with Crippen molar-refractivity contribution in [1.29, 1.82) is 0 Å². The third-order valence-corrected chi connectivity index (χ3v) is 8.97. The van der Waals surface area contributed by atoms with Gasteiger partial charge in [-0.1, -0.05) is 17.7 Å². The Hall–Kier alpha value is -4.54. The Labute approximate surface area is 241 Å². The summed E-state index contributed by atoms with van der Waals surface area (Å²) in [6, 6.07) is 20.9. The molecule has 0 atom stereocenters. The summed E-state index contributed by atoms with van der Waals surface area (Å²) in [5.41, 5.74) is 6.82. The average Bonchev–Trinajstić information content (AvgIpc) is 3.49. The Balaban J connectivity index is 1.25. The minimum absolute atomic E-state index is 0.0957. The number of amides is 1. The van der Waals surface area contributed by atoms with Gasteiger partial charge < -0.3 is 14.5 Å². The van der Waals surface area contributed by atoms with Crippen molar-refractivity contribution >= 4 is 54.3 Å². The van der Waals surface area contributed by atoms with Crippen molar-refractivity contribution in [2.75, 3.05) is 5.32 Å². The van der Waals surface area contributed by atoms with Gasteiger partial charge in [0.15, 0.2) is 0 Å². The van der Waals surface area contributed by atoms with Crippen LogP contribution in [0.5, 0.6) is 5.75 Å². The normalized spacial score (nSPS) is 11.7. The largest absolute Gasteiger partial charge is 0.379 e. The number of carbonyl (C=O) groups is 1. The lowest BCUT2D eigenvalue weighted by molar-refractivity contribution is 0.102. The van der Waals surface area contributed by atoms with E-state index in [4.69, 9.17) is 9.17 Å². The number of aromatic nitrogens is 3. The number of H-pyrrole nitrogens is 1. The number of carbonyl (C=O) groups excluding carboxylic acids is 1. The predicted octanol–water partition coefficient (Wildman–Crippen LogP) is 7.09. The van der Waals surface area contributed by atoms with Gasteiger partial charge in [0.2, 0.25) is 0 Å². The molecule has 4 aromatic carbocycles. The number of thiazole rings is 1. The summed E-state index contributed by atoms with van der Waals surface area (Å²) in [7, 11) is -3.97. The lowest BCUT2D eigenvalue weighted by Crippen LogP contribution is -2.11. The van der Waals surface area contributed by atoms with E-state index in [1.54, 1.807) is 53.8 Å². The van der Waals surface area contributed by atoms with Gasteiger partial charge in [-0.25, -0.2) is 9.97 Å². The Kier molecular flexibility index (Phi) is 6.59. The second-order valence-electron chi connectivity index (χ2n) is 9.97. The van der Waals surface area contributed by atoms with Crippen LogP contribution in [0.15, 0.2) is 77.7 Å². The summed E-state index contributed by atoms with van der Waals surface area (Å²) in [4.78, 5) is 25.7. The number of hydrogen-bond donors (Lipinski definition) is 2. The molecule has 206 valence electrons. The molecule has 0 fully saturated rings. The minimum atomic E-state index is -3.97. The molecule has 0 bridgehead atoms. The smallest absolute Gasteiger partial charge is 0.339 e. The summed E-state index contributed by atoms with van der Waals surface area (Å²) < 4.78 is 32.1. The van der Waals surface area contributed by atoms with Crippen LogP contribution in [0, 0.1) is 27.7 Å². The van der Waals surface area contributed by atoms with Crippen molar-refractivity contribution in [3.8, 4) is 17.1 Å². The van der Waals surface area contributed by atoms with Crippen LogP contribution in [-0.4, -0.2) is 29.3 Å². The van der Waals surface area contributed by atoms with Crippen molar-refractivity contribution < 1.29 is 17.4 Å². The Morgan fingerprint density at radius 2 is 1.59 bits per heavy atom. The zero-order valence-corrected chi connectivity index (χ0v) is 24.4. The van der Waals surface area contributed by atoms with Crippen molar-refractivity contribution in [2.24, 2.45) is 0 Å². The molecule has 0 spiro atoms. The number of nitrogens with zero attached hydrogens (tertiary/aromatic N) is 2. The van der Waals surface area contributed by atoms with E-state index in [1.807, 2.05) is 45.9 Å². The third kappa shape index (κ3) is 5.31. The Morgan fingerprint density at radius 3 is 2.32 bits per heavy atom. The molecule has 0 aliphatic heterocycles. The van der Waals surface area contributed by atoms with Gasteiger partial charge >= 0.3 is 10.1 Å². The van der Waals surface area contributed by atoms with Crippen LogP contribution < -0.4 is 9.50 Å². The van der Waals surface area contributed by atoms with Gasteiger partial charge in [-0.15, -0.1) is 11.3 Å². The fourth-order valence-corrected chi connectivity index (χ4v) is 6.54. The number of benzene rings is 4. The molecule has 0 radical (unpaired) electrons. The van der Waals surface area contributed by atoms with Gasteiger partial charge in [0.25, 0.3) is 5.91 Å². The van der Waals surface area contributed by atoms with Gasteiger partial charge in [0, 0.05) is 16.8 Å². The van der Waals surface area contributed by atoms with E-state index in [2.05, 4.69) is 15.3 Å². The number of nitrogens with one attached hydrogen (secondary N) is 2. The van der Waals surface area contributed by atoms with Crippen LogP contribution >= 0.6 is 11.3 Å². The molecule has 0 saturated heterocycles. The van der Waals surface area contributed by atoms with Crippen LogP contribution in [0.25, 0.3) is 32.6 Å². The van der Waals surface area contributed by atoms with Crippen LogP contribution in [0.1, 0.15) is 32.1 Å². The van der Waals surface area contributed by atoms with Crippen molar-refractivity contribution in [3.63, 3.8) is 0 Å². The SMILES string of the molecule is Cc1ccc(S(=O)(=O)Oc2cc(C)c(-c3nc4ccc(C(=O)Nc5ccc6sc(C)nc6c5)cc4[nH]3)c(C)c2)cc1. The van der Waals surface area contributed by atoms with Crippen molar-refractivity contribution in [2.45, 2.75) is 32.6 Å². The molecule has 10 heteroatoms. The lowest BCUT2D eigenvalue weighted by Gasteiger charge is -2.12. The average molecular weight is 583 g/mol. The predicted molar refractivity (Wildman–Crippen MR) is 162 cm³/mol. The molecule has 8 nitrogen and oxygen atoms in total. The maximum Gasteiger partial charge on any atom is 0.339 e. The number of rotatable bonds is 6. The third-order valence-electron chi connectivity index (χ3n) is 6.76. The molecule has 2 N–H and O–H groups in total. The summed E-state index contributed by atoms with van der Waals surface area (Å²) in [6.07, 6.45) is 0. The number of aryl methyl sites for hydroxylation is 4. The summed E-state index contributed by atoms with van der Waals surface area (Å²) in [5.74, 6) is 0.605. The molecular formula is C31H26N4O4S2. The standard InChI is InChI=1S/C31H26N4O4S2/c1-17-5-9-24(10-6-17)41(37,38)39-23-13-18(2)29(19(3)14-23)30-34-25-11-7-21(15-26(25)35-30)31(36)33-22-8-12-28-27(16-22)32-20(4)40-28/h5-16H,1-4H3,(H,33,36)(H,34,35). The molecule has 1 amide bonds. The minimum Gasteiger partial charge on any atom is -0.379 e. The maximum absolute atomic E-state index is 13.0. The quantitative estimate of drug-likeness (QED) is 0.203. The van der Waals surface area contributed by atoms with Gasteiger partial charge in [-0.3, -0.25) is 4.79 Å². The highest BCUT2D eigenvalue weighted by atomic mass is 32.2. The number of hydrogen-bond acceptors (Lipinski definition) is 7. The van der Waals surface area contributed by atoms with E-state index in [9.17, 15) is 13.2 Å². The fourth-order valence-electron chi connectivity index (χ4n) is 4.82. The van der Waals surface area contributed by atoms with E-state index >= 15 is 0 Å². The highest BCUT2D eigenvalue weighted by Gasteiger charge is 2.19. The van der Waals surface area contributed by atoms with Gasteiger partial charge in [-0.05, 0) is 99.5 Å². The van der Waals surface area contributed by atoms with Crippen LogP contribution in [0.3, 0.4) is 0 Å². The van der Waals surface area contributed by atoms with Gasteiger partial charge in [-0.2, -0.15) is 8.42 Å². The first-order valence-electron chi connectivity index (χ1n) is 12.9. The number of fused-ring (bicyclic) bond motifs is 2. The van der Waals surface area contributed by atoms with Crippen LogP contribution in [0.2, 0.25) is 0 Å². The van der Waals surface area contributed by atoms with E-state index in [0.29, 0.717) is 28.1 Å². The van der Waals surface area contributed by atoms with Crippen molar-refractivity contribution in [3.05, 3.63) is 100 Å². The summed E-state index contributed by atoms with van der Waals surface area (Å²) in [6.45, 7) is 7.60. The zero-order valence-electron chi connectivity index (χ0n) is 22.8. The van der Waals surface area contributed by atoms with E-state index in [-0.39, 0.29) is 16.6 Å². The topological polar surface area (TPSA) is 114 Å². The number of anilines is 1. The second-order valence-corrected chi connectivity index (χ2v) is 12.8. The number of imidazole rings is 1. The first-order valence-corrected chi connectivity index (χ1v) is 15.1. The molecule has 41 heavy (non-hydrogen) atoms. The monoisotopic (exact) mass is 582 g/mol. The van der Waals surface area contributed by atoms with Crippen LogP contribution in [0.4, 0.5) is 5.69 Å². The van der Waals surface area contributed by atoms with Gasteiger partial charge in [0.05, 0.1) is 26.3 Å². The fraction of sp³-hybridized carbons (Fsp3) is 0.129. The first kappa shape index (κ1) is 26.7. The zero-order chi connectivity index (χ0) is 28.9. The molecule has 0 unspecified atom stereocenters. The molecule has 0 aliphatic carbocycles.